The van der Waals surface area contributed by atoms with Crippen molar-refractivity contribution >= 4 is 35.2 Å². The van der Waals surface area contributed by atoms with Crippen molar-refractivity contribution in [2.45, 2.75) is 57.7 Å². The molecule has 3 aliphatic rings. The molecule has 1 spiro atoms. The first-order chi connectivity index (χ1) is 19.1. The highest BCUT2D eigenvalue weighted by Crippen LogP contribution is 2.42. The molecule has 10 nitrogen and oxygen atoms in total. The minimum atomic E-state index is -1.41. The molecule has 2 fully saturated rings. The van der Waals surface area contributed by atoms with Crippen molar-refractivity contribution in [2.75, 3.05) is 11.9 Å². The third-order valence-corrected chi connectivity index (χ3v) is 8.18. The van der Waals surface area contributed by atoms with Crippen molar-refractivity contribution < 1.29 is 24.0 Å². The van der Waals surface area contributed by atoms with Gasteiger partial charge in [-0.1, -0.05) is 36.4 Å². The van der Waals surface area contributed by atoms with E-state index >= 15 is 0 Å². The van der Waals surface area contributed by atoms with E-state index in [4.69, 9.17) is 5.26 Å². The Kier molecular flexibility index (Phi) is 7.15. The van der Waals surface area contributed by atoms with Gasteiger partial charge in [-0.3, -0.25) is 24.1 Å². The zero-order chi connectivity index (χ0) is 28.6. The number of nitrogens with one attached hydrogen (secondary N) is 2. The Morgan fingerprint density at radius 2 is 1.90 bits per heavy atom. The van der Waals surface area contributed by atoms with E-state index in [0.717, 1.165) is 28.9 Å². The molecule has 206 valence electrons. The second-order valence-electron chi connectivity index (χ2n) is 10.8. The number of carbonyl (C=O) groups excluding carboxylic acids is 5. The number of rotatable bonds is 9. The molecule has 2 aromatic rings. The van der Waals surface area contributed by atoms with Gasteiger partial charge in [0.25, 0.3) is 5.91 Å². The smallest absolute Gasteiger partial charge is 0.325 e. The lowest BCUT2D eigenvalue weighted by Crippen LogP contribution is -2.47. The third-order valence-electron chi connectivity index (χ3n) is 8.18. The number of imide groups is 1. The summed E-state index contributed by atoms with van der Waals surface area (Å²) in [5.74, 6) is -3.03. The van der Waals surface area contributed by atoms with Gasteiger partial charge in [0, 0.05) is 18.3 Å². The van der Waals surface area contributed by atoms with Crippen LogP contribution in [0.1, 0.15) is 49.8 Å². The van der Waals surface area contributed by atoms with Crippen LogP contribution in [0, 0.1) is 23.2 Å². The maximum absolute atomic E-state index is 13.7. The molecule has 2 unspecified atom stereocenters. The molecule has 2 aliphatic carbocycles. The van der Waals surface area contributed by atoms with Crippen LogP contribution in [0.4, 0.5) is 10.5 Å². The Morgan fingerprint density at radius 1 is 1.18 bits per heavy atom. The van der Waals surface area contributed by atoms with Crippen LogP contribution in [-0.4, -0.2) is 51.9 Å². The fourth-order valence-corrected chi connectivity index (χ4v) is 5.72. The van der Waals surface area contributed by atoms with E-state index < -0.39 is 35.1 Å². The van der Waals surface area contributed by atoms with Crippen molar-refractivity contribution in [3.8, 4) is 6.07 Å². The lowest BCUT2D eigenvalue weighted by Gasteiger charge is -2.31. The standard InChI is InChI=1S/C30H31N5O5/c1-18(21-8-9-21)34(16-20-6-4-3-5-7-20)26(37)17-35-28(39)30(33-29(35)40)13-12-22-14-23(10-11-25(22)30)32-27(38)24(15-31)19(2)36/h3-7,10-11,14,18,21,24H,8-9,12-13,16-17H2,1-2H3,(H,32,38)(H,33,40)/t18-,24?,30?/m0/s1. The molecule has 1 saturated heterocycles. The van der Waals surface area contributed by atoms with Crippen molar-refractivity contribution in [3.63, 3.8) is 0 Å². The monoisotopic (exact) mass is 541 g/mol. The molecule has 40 heavy (non-hydrogen) atoms. The highest BCUT2D eigenvalue weighted by molar-refractivity contribution is 6.10. The van der Waals surface area contributed by atoms with Crippen LogP contribution >= 0.6 is 0 Å². The molecular formula is C30H31N5O5. The molecule has 5 rings (SSSR count). The highest BCUT2D eigenvalue weighted by atomic mass is 16.2. The lowest BCUT2D eigenvalue weighted by atomic mass is 9.91. The van der Waals surface area contributed by atoms with Crippen molar-refractivity contribution in [1.29, 1.82) is 5.26 Å². The quantitative estimate of drug-likeness (QED) is 0.370. The second kappa shape index (κ2) is 10.6. The topological polar surface area (TPSA) is 140 Å². The van der Waals surface area contributed by atoms with E-state index in [0.29, 0.717) is 36.6 Å². The number of hydrogen-bond acceptors (Lipinski definition) is 6. The summed E-state index contributed by atoms with van der Waals surface area (Å²) in [5, 5.41) is 14.5. The van der Waals surface area contributed by atoms with Crippen LogP contribution in [0.5, 0.6) is 0 Å². The van der Waals surface area contributed by atoms with Gasteiger partial charge < -0.3 is 15.5 Å². The average molecular weight is 542 g/mol. The van der Waals surface area contributed by atoms with Crippen LogP contribution in [0.15, 0.2) is 48.5 Å². The summed E-state index contributed by atoms with van der Waals surface area (Å²) in [4.78, 5) is 67.0. The Hall–Kier alpha value is -4.52. The average Bonchev–Trinajstić information content (AvgIpc) is 3.68. The van der Waals surface area contributed by atoms with Gasteiger partial charge in [-0.2, -0.15) is 5.26 Å². The minimum Gasteiger partial charge on any atom is -0.334 e. The van der Waals surface area contributed by atoms with Crippen LogP contribution in [0.2, 0.25) is 0 Å². The molecular weight excluding hydrogens is 510 g/mol. The summed E-state index contributed by atoms with van der Waals surface area (Å²) in [6.07, 6.45) is 2.88. The maximum Gasteiger partial charge on any atom is 0.325 e. The van der Waals surface area contributed by atoms with E-state index in [2.05, 4.69) is 10.6 Å². The van der Waals surface area contributed by atoms with E-state index in [1.54, 1.807) is 29.2 Å². The molecule has 1 aliphatic heterocycles. The molecule has 3 atom stereocenters. The van der Waals surface area contributed by atoms with E-state index in [9.17, 15) is 24.0 Å². The summed E-state index contributed by atoms with van der Waals surface area (Å²) >= 11 is 0. The molecule has 0 bridgehead atoms. The third kappa shape index (κ3) is 4.95. The van der Waals surface area contributed by atoms with Gasteiger partial charge in [0.05, 0.1) is 6.07 Å². The Labute approximate surface area is 232 Å². The predicted octanol–water partition coefficient (Wildman–Crippen LogP) is 2.87. The molecule has 1 heterocycles. The van der Waals surface area contributed by atoms with Crippen LogP contribution in [0.3, 0.4) is 0 Å². The Morgan fingerprint density at radius 3 is 2.55 bits per heavy atom. The van der Waals surface area contributed by atoms with Crippen molar-refractivity contribution in [3.05, 3.63) is 65.2 Å². The van der Waals surface area contributed by atoms with Gasteiger partial charge in [-0.25, -0.2) is 4.79 Å². The van der Waals surface area contributed by atoms with Gasteiger partial charge >= 0.3 is 6.03 Å². The summed E-state index contributed by atoms with van der Waals surface area (Å²) in [5.41, 5.74) is 1.44. The number of hydrogen-bond donors (Lipinski definition) is 2. The zero-order valence-electron chi connectivity index (χ0n) is 22.5. The van der Waals surface area contributed by atoms with Gasteiger partial charge in [0.1, 0.15) is 12.1 Å². The molecule has 5 amide bonds. The molecule has 0 radical (unpaired) electrons. The normalized spacial score (nSPS) is 20.9. The fourth-order valence-electron chi connectivity index (χ4n) is 5.72. The largest absolute Gasteiger partial charge is 0.334 e. The number of Topliss-reactive ketones (excluding diaryl/α,β-unsaturated/α-hetero) is 1. The van der Waals surface area contributed by atoms with Gasteiger partial charge in [-0.05, 0) is 74.3 Å². The van der Waals surface area contributed by atoms with E-state index in [1.165, 1.54) is 6.92 Å². The Balaban J connectivity index is 1.33. The number of ketones is 1. The summed E-state index contributed by atoms with van der Waals surface area (Å²) < 4.78 is 0. The van der Waals surface area contributed by atoms with Gasteiger partial charge in [-0.15, -0.1) is 0 Å². The van der Waals surface area contributed by atoms with Gasteiger partial charge in [0.2, 0.25) is 11.8 Å². The number of benzene rings is 2. The molecule has 0 aromatic heterocycles. The number of anilines is 1. The first-order valence-electron chi connectivity index (χ1n) is 13.5. The lowest BCUT2D eigenvalue weighted by molar-refractivity contribution is -0.141. The summed E-state index contributed by atoms with van der Waals surface area (Å²) in [7, 11) is 0. The Bertz CT molecular complexity index is 1430. The maximum atomic E-state index is 13.7. The summed E-state index contributed by atoms with van der Waals surface area (Å²) in [6, 6.07) is 15.6. The number of amides is 5. The fraction of sp³-hybridized carbons (Fsp3) is 0.400. The van der Waals surface area contributed by atoms with Crippen LogP contribution < -0.4 is 10.6 Å². The number of fused-ring (bicyclic) bond motifs is 2. The van der Waals surface area contributed by atoms with Gasteiger partial charge in [0.15, 0.2) is 11.7 Å². The first-order valence-corrected chi connectivity index (χ1v) is 13.5. The number of nitriles is 1. The number of nitrogens with zero attached hydrogens (tertiary/aromatic N) is 3. The zero-order valence-corrected chi connectivity index (χ0v) is 22.5. The second-order valence-corrected chi connectivity index (χ2v) is 10.8. The van der Waals surface area contributed by atoms with Crippen LogP contribution in [-0.2, 0) is 37.7 Å². The molecule has 2 N–H and O–H groups in total. The van der Waals surface area contributed by atoms with Crippen molar-refractivity contribution in [2.24, 2.45) is 11.8 Å². The van der Waals surface area contributed by atoms with E-state index in [1.807, 2.05) is 37.3 Å². The van der Waals surface area contributed by atoms with Crippen LogP contribution in [0.25, 0.3) is 0 Å². The first kappa shape index (κ1) is 27.1. The SMILES string of the molecule is CC(=O)C(C#N)C(=O)Nc1ccc2c(c1)CCC21NC(=O)N(CC(=O)N(Cc2ccccc2)[C@@H](C)C2CC2)C1=O. The molecule has 10 heteroatoms. The van der Waals surface area contributed by atoms with Crippen molar-refractivity contribution in [1.82, 2.24) is 15.1 Å². The highest BCUT2D eigenvalue weighted by Gasteiger charge is 2.56. The van der Waals surface area contributed by atoms with E-state index in [-0.39, 0.29) is 18.5 Å². The summed E-state index contributed by atoms with van der Waals surface area (Å²) in [6.45, 7) is 3.25. The molecule has 2 aromatic carbocycles. The molecule has 1 saturated carbocycles. The predicted molar refractivity (Wildman–Crippen MR) is 144 cm³/mol. The number of urea groups is 1. The number of carbonyl (C=O) groups is 5. The minimum absolute atomic E-state index is 0.00750. The number of aryl methyl sites for hydroxylation is 1.